The minimum atomic E-state index is -3.10. The molecule has 1 rings (SSSR count). The third kappa shape index (κ3) is 4.38. The lowest BCUT2D eigenvalue weighted by molar-refractivity contribution is 0.306. The van der Waals surface area contributed by atoms with E-state index >= 15 is 0 Å². The second-order valence-electron chi connectivity index (χ2n) is 3.93. The number of benzene rings is 1. The molecule has 0 amide bonds. The van der Waals surface area contributed by atoms with Gasteiger partial charge in [0.2, 0.25) is 0 Å². The number of rotatable bonds is 7. The Bertz CT molecular complexity index is 420. The SMILES string of the molecule is CCCCCOc1ccc(S(=O)(=O)CC)cc1. The smallest absolute Gasteiger partial charge is 0.178 e. The molecular formula is C13H20O3S. The zero-order valence-corrected chi connectivity index (χ0v) is 11.3. The fraction of sp³-hybridized carbons (Fsp3) is 0.538. The molecule has 0 unspecified atom stereocenters. The second kappa shape index (κ2) is 6.64. The summed E-state index contributed by atoms with van der Waals surface area (Å²) in [5, 5.41) is 0. The fourth-order valence-corrected chi connectivity index (χ4v) is 2.34. The zero-order valence-electron chi connectivity index (χ0n) is 10.5. The van der Waals surface area contributed by atoms with Gasteiger partial charge in [0, 0.05) is 0 Å². The van der Waals surface area contributed by atoms with Crippen LogP contribution in [-0.4, -0.2) is 20.8 Å². The molecule has 0 aromatic heterocycles. The minimum Gasteiger partial charge on any atom is -0.494 e. The van der Waals surface area contributed by atoms with Crippen molar-refractivity contribution in [3.8, 4) is 5.75 Å². The minimum absolute atomic E-state index is 0.129. The van der Waals surface area contributed by atoms with E-state index in [-0.39, 0.29) is 5.75 Å². The summed E-state index contributed by atoms with van der Waals surface area (Å²) in [7, 11) is -3.10. The lowest BCUT2D eigenvalue weighted by atomic mass is 10.3. The Kier molecular flexibility index (Phi) is 5.48. The van der Waals surface area contributed by atoms with Crippen LogP contribution in [0.3, 0.4) is 0 Å². The average Bonchev–Trinajstić information content (AvgIpc) is 2.35. The van der Waals surface area contributed by atoms with Crippen molar-refractivity contribution < 1.29 is 13.2 Å². The van der Waals surface area contributed by atoms with Gasteiger partial charge in [0.25, 0.3) is 0 Å². The number of unbranched alkanes of at least 4 members (excludes halogenated alkanes) is 2. The first-order valence-electron chi connectivity index (χ1n) is 6.05. The van der Waals surface area contributed by atoms with Gasteiger partial charge in [-0.05, 0) is 30.7 Å². The van der Waals surface area contributed by atoms with E-state index in [2.05, 4.69) is 6.92 Å². The first-order valence-corrected chi connectivity index (χ1v) is 7.71. The van der Waals surface area contributed by atoms with Gasteiger partial charge < -0.3 is 4.74 Å². The molecule has 1 aromatic rings. The normalized spacial score (nSPS) is 11.4. The van der Waals surface area contributed by atoms with E-state index in [0.717, 1.165) is 25.0 Å². The van der Waals surface area contributed by atoms with E-state index in [4.69, 9.17) is 4.74 Å². The van der Waals surface area contributed by atoms with Gasteiger partial charge in [-0.25, -0.2) is 8.42 Å². The third-order valence-electron chi connectivity index (χ3n) is 2.58. The van der Waals surface area contributed by atoms with Crippen LogP contribution in [0, 0.1) is 0 Å². The highest BCUT2D eigenvalue weighted by atomic mass is 32.2. The Morgan fingerprint density at radius 1 is 1.06 bits per heavy atom. The van der Waals surface area contributed by atoms with E-state index in [0.29, 0.717) is 11.5 Å². The maximum Gasteiger partial charge on any atom is 0.178 e. The highest BCUT2D eigenvalue weighted by molar-refractivity contribution is 7.91. The lowest BCUT2D eigenvalue weighted by Crippen LogP contribution is -2.03. The number of ether oxygens (including phenoxy) is 1. The molecule has 0 aliphatic heterocycles. The van der Waals surface area contributed by atoms with Gasteiger partial charge in [-0.3, -0.25) is 0 Å². The first-order chi connectivity index (χ1) is 8.10. The molecule has 0 bridgehead atoms. The van der Waals surface area contributed by atoms with Gasteiger partial charge in [0.05, 0.1) is 17.3 Å². The number of hydrogen-bond acceptors (Lipinski definition) is 3. The summed E-state index contributed by atoms with van der Waals surface area (Å²) in [5.74, 6) is 0.861. The van der Waals surface area contributed by atoms with Crippen LogP contribution in [0.25, 0.3) is 0 Å². The van der Waals surface area contributed by atoms with Crippen LogP contribution in [0.5, 0.6) is 5.75 Å². The molecule has 3 nitrogen and oxygen atoms in total. The van der Waals surface area contributed by atoms with E-state index < -0.39 is 9.84 Å². The summed E-state index contributed by atoms with van der Waals surface area (Å²) in [6.07, 6.45) is 3.35. The Labute approximate surface area is 104 Å². The molecule has 0 N–H and O–H groups in total. The van der Waals surface area contributed by atoms with E-state index in [1.54, 1.807) is 31.2 Å². The summed E-state index contributed by atoms with van der Waals surface area (Å²) >= 11 is 0. The first kappa shape index (κ1) is 14.0. The summed E-state index contributed by atoms with van der Waals surface area (Å²) in [5.41, 5.74) is 0. The molecule has 0 aliphatic carbocycles. The monoisotopic (exact) mass is 256 g/mol. The van der Waals surface area contributed by atoms with Crippen LogP contribution in [0.4, 0.5) is 0 Å². The van der Waals surface area contributed by atoms with Crippen molar-refractivity contribution in [2.75, 3.05) is 12.4 Å². The topological polar surface area (TPSA) is 43.4 Å². The molecule has 0 saturated heterocycles. The molecule has 0 atom stereocenters. The van der Waals surface area contributed by atoms with Crippen molar-refractivity contribution in [2.24, 2.45) is 0 Å². The molecule has 17 heavy (non-hydrogen) atoms. The molecule has 0 fully saturated rings. The van der Waals surface area contributed by atoms with Crippen LogP contribution in [0.2, 0.25) is 0 Å². The largest absolute Gasteiger partial charge is 0.494 e. The van der Waals surface area contributed by atoms with Gasteiger partial charge in [-0.1, -0.05) is 26.7 Å². The molecule has 0 radical (unpaired) electrons. The number of hydrogen-bond donors (Lipinski definition) is 0. The fourth-order valence-electron chi connectivity index (χ4n) is 1.45. The highest BCUT2D eigenvalue weighted by Crippen LogP contribution is 2.17. The van der Waals surface area contributed by atoms with Crippen LogP contribution < -0.4 is 4.74 Å². The Morgan fingerprint density at radius 2 is 1.71 bits per heavy atom. The predicted octanol–water partition coefficient (Wildman–Crippen LogP) is 3.05. The molecule has 0 saturated carbocycles. The second-order valence-corrected chi connectivity index (χ2v) is 6.21. The Morgan fingerprint density at radius 3 is 2.24 bits per heavy atom. The highest BCUT2D eigenvalue weighted by Gasteiger charge is 2.10. The van der Waals surface area contributed by atoms with Crippen LogP contribution >= 0.6 is 0 Å². The van der Waals surface area contributed by atoms with Gasteiger partial charge in [-0.2, -0.15) is 0 Å². The predicted molar refractivity (Wildman–Crippen MR) is 69.2 cm³/mol. The summed E-state index contributed by atoms with van der Waals surface area (Å²) in [6.45, 7) is 4.47. The quantitative estimate of drug-likeness (QED) is 0.704. The van der Waals surface area contributed by atoms with Crippen LogP contribution in [0.15, 0.2) is 29.2 Å². The Hall–Kier alpha value is -1.03. The average molecular weight is 256 g/mol. The van der Waals surface area contributed by atoms with Gasteiger partial charge >= 0.3 is 0 Å². The van der Waals surface area contributed by atoms with Gasteiger partial charge in [0.1, 0.15) is 5.75 Å². The van der Waals surface area contributed by atoms with Crippen LogP contribution in [0.1, 0.15) is 33.1 Å². The van der Waals surface area contributed by atoms with E-state index in [1.165, 1.54) is 0 Å². The molecule has 1 aromatic carbocycles. The molecule has 0 heterocycles. The van der Waals surface area contributed by atoms with Crippen LogP contribution in [-0.2, 0) is 9.84 Å². The molecular weight excluding hydrogens is 236 g/mol. The maximum absolute atomic E-state index is 11.6. The lowest BCUT2D eigenvalue weighted by Gasteiger charge is -2.06. The van der Waals surface area contributed by atoms with Crippen molar-refractivity contribution in [2.45, 2.75) is 38.0 Å². The van der Waals surface area contributed by atoms with Crippen molar-refractivity contribution in [1.29, 1.82) is 0 Å². The molecule has 96 valence electrons. The van der Waals surface area contributed by atoms with Crippen molar-refractivity contribution in [3.05, 3.63) is 24.3 Å². The molecule has 4 heteroatoms. The van der Waals surface area contributed by atoms with Gasteiger partial charge in [0.15, 0.2) is 9.84 Å². The standard InChI is InChI=1S/C13H20O3S/c1-3-5-6-11-16-12-7-9-13(10-8-12)17(14,15)4-2/h7-10H,3-6,11H2,1-2H3. The van der Waals surface area contributed by atoms with E-state index in [1.807, 2.05) is 0 Å². The van der Waals surface area contributed by atoms with Crippen molar-refractivity contribution in [1.82, 2.24) is 0 Å². The summed E-state index contributed by atoms with van der Waals surface area (Å²) in [6, 6.07) is 6.64. The maximum atomic E-state index is 11.6. The zero-order chi connectivity index (χ0) is 12.7. The number of sulfone groups is 1. The van der Waals surface area contributed by atoms with Gasteiger partial charge in [-0.15, -0.1) is 0 Å². The molecule has 0 spiro atoms. The summed E-state index contributed by atoms with van der Waals surface area (Å²) < 4.78 is 28.7. The third-order valence-corrected chi connectivity index (χ3v) is 4.33. The summed E-state index contributed by atoms with van der Waals surface area (Å²) in [4.78, 5) is 0.362. The Balaban J connectivity index is 2.57. The van der Waals surface area contributed by atoms with Crippen molar-refractivity contribution >= 4 is 9.84 Å². The van der Waals surface area contributed by atoms with E-state index in [9.17, 15) is 8.42 Å². The van der Waals surface area contributed by atoms with Crippen molar-refractivity contribution in [3.63, 3.8) is 0 Å². The molecule has 0 aliphatic rings.